The number of aryl methyl sites for hydroxylation is 2. The summed E-state index contributed by atoms with van der Waals surface area (Å²) in [6.07, 6.45) is 1.93. The van der Waals surface area contributed by atoms with Gasteiger partial charge in [0.2, 0.25) is 0 Å². The molecule has 66 valence electrons. The van der Waals surface area contributed by atoms with Gasteiger partial charge in [-0.05, 0) is 37.1 Å². The molecule has 1 nitrogen and oxygen atoms in total. The van der Waals surface area contributed by atoms with E-state index in [1.807, 2.05) is 19.1 Å². The normalized spacial score (nSPS) is 10.2. The van der Waals surface area contributed by atoms with Crippen LogP contribution in [0, 0.1) is 6.92 Å². The van der Waals surface area contributed by atoms with Crippen LogP contribution >= 0.6 is 12.6 Å². The minimum Gasteiger partial charge on any atom is -0.508 e. The summed E-state index contributed by atoms with van der Waals surface area (Å²) in [6.45, 7) is 2.03. The van der Waals surface area contributed by atoms with Crippen LogP contribution in [0.3, 0.4) is 0 Å². The fourth-order valence-electron chi connectivity index (χ4n) is 1.18. The van der Waals surface area contributed by atoms with Gasteiger partial charge in [-0.25, -0.2) is 0 Å². The van der Waals surface area contributed by atoms with Crippen LogP contribution in [0.2, 0.25) is 0 Å². The lowest BCUT2D eigenvalue weighted by Crippen LogP contribution is -1.88. The first kappa shape index (κ1) is 9.46. The van der Waals surface area contributed by atoms with Gasteiger partial charge in [0.15, 0.2) is 0 Å². The zero-order chi connectivity index (χ0) is 8.97. The fourth-order valence-corrected chi connectivity index (χ4v) is 1.34. The van der Waals surface area contributed by atoms with Crippen LogP contribution < -0.4 is 0 Å². The Kier molecular flexibility index (Phi) is 3.48. The van der Waals surface area contributed by atoms with Crippen LogP contribution in [0.5, 0.6) is 5.75 Å². The lowest BCUT2D eigenvalue weighted by Gasteiger charge is -2.03. The predicted octanol–water partition coefficient (Wildman–Crippen LogP) is 2.56. The van der Waals surface area contributed by atoms with E-state index >= 15 is 0 Å². The zero-order valence-electron chi connectivity index (χ0n) is 7.25. The van der Waals surface area contributed by atoms with Crippen molar-refractivity contribution in [2.75, 3.05) is 5.75 Å². The molecule has 1 rings (SSSR count). The Hall–Kier alpha value is -0.630. The van der Waals surface area contributed by atoms with Crippen molar-refractivity contribution < 1.29 is 5.11 Å². The standard InChI is InChI=1S/C10H14OS/c1-8-4-5-10(11)9(7-8)3-2-6-12/h4-5,7,11-12H,2-3,6H2,1H3. The van der Waals surface area contributed by atoms with Crippen LogP contribution in [0.25, 0.3) is 0 Å². The second kappa shape index (κ2) is 4.41. The number of aromatic hydroxyl groups is 1. The van der Waals surface area contributed by atoms with Gasteiger partial charge in [-0.3, -0.25) is 0 Å². The van der Waals surface area contributed by atoms with Gasteiger partial charge in [0.05, 0.1) is 0 Å². The number of phenolic OH excluding ortho intramolecular Hbond substituents is 1. The molecule has 0 spiro atoms. The summed E-state index contributed by atoms with van der Waals surface area (Å²) in [7, 11) is 0. The highest BCUT2D eigenvalue weighted by Gasteiger charge is 1.99. The summed E-state index contributed by atoms with van der Waals surface area (Å²) in [6, 6.07) is 5.70. The van der Waals surface area contributed by atoms with Crippen molar-refractivity contribution in [1.82, 2.24) is 0 Å². The second-order valence-electron chi connectivity index (χ2n) is 2.96. The van der Waals surface area contributed by atoms with Crippen molar-refractivity contribution >= 4 is 12.6 Å². The summed E-state index contributed by atoms with van der Waals surface area (Å²) in [5, 5.41) is 9.44. The van der Waals surface area contributed by atoms with Gasteiger partial charge in [0.1, 0.15) is 5.75 Å². The van der Waals surface area contributed by atoms with E-state index in [-0.39, 0.29) is 0 Å². The Balaban J connectivity index is 2.75. The Labute approximate surface area is 78.8 Å². The third-order valence-electron chi connectivity index (χ3n) is 1.84. The van der Waals surface area contributed by atoms with Gasteiger partial charge < -0.3 is 5.11 Å². The molecule has 0 saturated carbocycles. The van der Waals surface area contributed by atoms with Crippen molar-refractivity contribution in [1.29, 1.82) is 0 Å². The summed E-state index contributed by atoms with van der Waals surface area (Å²) < 4.78 is 0. The average molecular weight is 182 g/mol. The molecule has 0 aliphatic rings. The van der Waals surface area contributed by atoms with Crippen molar-refractivity contribution in [2.24, 2.45) is 0 Å². The maximum absolute atomic E-state index is 9.44. The molecule has 1 N–H and O–H groups in total. The molecule has 0 fully saturated rings. The number of thiol groups is 1. The van der Waals surface area contributed by atoms with Gasteiger partial charge in [-0.1, -0.05) is 17.7 Å². The van der Waals surface area contributed by atoms with Crippen LogP contribution in [-0.4, -0.2) is 10.9 Å². The number of rotatable bonds is 3. The fraction of sp³-hybridized carbons (Fsp3) is 0.400. The Morgan fingerprint density at radius 3 is 2.83 bits per heavy atom. The summed E-state index contributed by atoms with van der Waals surface area (Å²) in [4.78, 5) is 0. The average Bonchev–Trinajstić information content (AvgIpc) is 2.07. The van der Waals surface area contributed by atoms with Gasteiger partial charge in [-0.15, -0.1) is 0 Å². The molecule has 0 bridgehead atoms. The molecule has 2 heteroatoms. The Bertz CT molecular complexity index is 258. The lowest BCUT2D eigenvalue weighted by molar-refractivity contribution is 0.467. The van der Waals surface area contributed by atoms with Crippen molar-refractivity contribution in [2.45, 2.75) is 19.8 Å². The number of hydrogen-bond donors (Lipinski definition) is 2. The summed E-state index contributed by atoms with van der Waals surface area (Å²) in [5.74, 6) is 1.27. The van der Waals surface area contributed by atoms with Gasteiger partial charge in [-0.2, -0.15) is 12.6 Å². The topological polar surface area (TPSA) is 20.2 Å². The first-order chi connectivity index (χ1) is 5.74. The molecule has 0 aromatic heterocycles. The molecule has 0 radical (unpaired) electrons. The largest absolute Gasteiger partial charge is 0.508 e. The van der Waals surface area contributed by atoms with E-state index in [9.17, 15) is 5.11 Å². The minimum absolute atomic E-state index is 0.405. The molecule has 0 amide bonds. The highest BCUT2D eigenvalue weighted by Crippen LogP contribution is 2.19. The molecule has 0 aliphatic carbocycles. The summed E-state index contributed by atoms with van der Waals surface area (Å²) in [5.41, 5.74) is 2.23. The number of hydrogen-bond acceptors (Lipinski definition) is 2. The monoisotopic (exact) mass is 182 g/mol. The highest BCUT2D eigenvalue weighted by atomic mass is 32.1. The lowest BCUT2D eigenvalue weighted by atomic mass is 10.1. The molecular formula is C10H14OS. The maximum atomic E-state index is 9.44. The second-order valence-corrected chi connectivity index (χ2v) is 3.41. The summed E-state index contributed by atoms with van der Waals surface area (Å²) >= 11 is 4.13. The molecule has 12 heavy (non-hydrogen) atoms. The van der Waals surface area contributed by atoms with Crippen molar-refractivity contribution in [3.8, 4) is 5.75 Å². The molecular weight excluding hydrogens is 168 g/mol. The van der Waals surface area contributed by atoms with E-state index in [2.05, 4.69) is 12.6 Å². The van der Waals surface area contributed by atoms with Gasteiger partial charge in [0.25, 0.3) is 0 Å². The molecule has 1 aromatic carbocycles. The first-order valence-electron chi connectivity index (χ1n) is 4.13. The highest BCUT2D eigenvalue weighted by molar-refractivity contribution is 7.80. The SMILES string of the molecule is Cc1ccc(O)c(CCCS)c1. The zero-order valence-corrected chi connectivity index (χ0v) is 8.14. The first-order valence-corrected chi connectivity index (χ1v) is 4.76. The van der Waals surface area contributed by atoms with Crippen molar-refractivity contribution in [3.05, 3.63) is 29.3 Å². The Morgan fingerprint density at radius 1 is 1.42 bits per heavy atom. The van der Waals surface area contributed by atoms with E-state index in [1.54, 1.807) is 6.07 Å². The quantitative estimate of drug-likeness (QED) is 0.688. The molecule has 0 unspecified atom stereocenters. The smallest absolute Gasteiger partial charge is 0.118 e. The van der Waals surface area contributed by atoms with E-state index in [4.69, 9.17) is 0 Å². The molecule has 0 heterocycles. The van der Waals surface area contributed by atoms with Crippen LogP contribution in [0.15, 0.2) is 18.2 Å². The predicted molar refractivity (Wildman–Crippen MR) is 55.0 cm³/mol. The third-order valence-corrected chi connectivity index (χ3v) is 2.16. The number of phenols is 1. The van der Waals surface area contributed by atoms with E-state index in [1.165, 1.54) is 5.56 Å². The molecule has 0 atom stereocenters. The van der Waals surface area contributed by atoms with Gasteiger partial charge in [0, 0.05) is 0 Å². The van der Waals surface area contributed by atoms with E-state index in [0.29, 0.717) is 5.75 Å². The van der Waals surface area contributed by atoms with E-state index in [0.717, 1.165) is 24.2 Å². The maximum Gasteiger partial charge on any atom is 0.118 e. The van der Waals surface area contributed by atoms with Gasteiger partial charge >= 0.3 is 0 Å². The molecule has 0 aliphatic heterocycles. The Morgan fingerprint density at radius 2 is 2.17 bits per heavy atom. The number of benzene rings is 1. The molecule has 1 aromatic rings. The van der Waals surface area contributed by atoms with Crippen LogP contribution in [-0.2, 0) is 6.42 Å². The van der Waals surface area contributed by atoms with Crippen LogP contribution in [0.1, 0.15) is 17.5 Å². The minimum atomic E-state index is 0.405. The van der Waals surface area contributed by atoms with Crippen LogP contribution in [0.4, 0.5) is 0 Å². The third kappa shape index (κ3) is 2.45. The molecule has 0 saturated heterocycles. The van der Waals surface area contributed by atoms with Crippen molar-refractivity contribution in [3.63, 3.8) is 0 Å². The van der Waals surface area contributed by atoms with E-state index < -0.39 is 0 Å².